The molecule has 6 heteroatoms. The summed E-state index contributed by atoms with van der Waals surface area (Å²) in [5, 5.41) is 5.72. The first-order valence-corrected chi connectivity index (χ1v) is 7.81. The Bertz CT molecular complexity index is 797. The third-order valence-electron chi connectivity index (χ3n) is 3.95. The van der Waals surface area contributed by atoms with Crippen molar-refractivity contribution in [1.29, 1.82) is 0 Å². The summed E-state index contributed by atoms with van der Waals surface area (Å²) in [6.45, 7) is 0.192. The van der Waals surface area contributed by atoms with Gasteiger partial charge in [0.25, 0.3) is 11.8 Å². The van der Waals surface area contributed by atoms with Crippen LogP contribution in [0.25, 0.3) is 0 Å². The van der Waals surface area contributed by atoms with Crippen molar-refractivity contribution in [2.45, 2.75) is 18.9 Å². The van der Waals surface area contributed by atoms with Crippen LogP contribution in [0, 0.1) is 0 Å². The summed E-state index contributed by atoms with van der Waals surface area (Å²) in [5.41, 5.74) is 1.66. The molecule has 2 aliphatic rings. The van der Waals surface area contributed by atoms with E-state index in [2.05, 4.69) is 10.6 Å². The maximum Gasteiger partial charge on any atom is 0.255 e. The minimum absolute atomic E-state index is 0.0970. The molecule has 4 rings (SSSR count). The molecule has 0 spiro atoms. The SMILES string of the molecule is O=C(Nc1ccc2c(c1)OCO2)c1ccc(C(=O)NC2CC2)cc1. The van der Waals surface area contributed by atoms with E-state index < -0.39 is 0 Å². The number of carbonyl (C=O) groups excluding carboxylic acids is 2. The minimum Gasteiger partial charge on any atom is -0.454 e. The molecule has 1 aliphatic heterocycles. The Balaban J connectivity index is 1.43. The van der Waals surface area contributed by atoms with Crippen molar-refractivity contribution in [1.82, 2.24) is 5.32 Å². The van der Waals surface area contributed by atoms with Crippen molar-refractivity contribution in [2.24, 2.45) is 0 Å². The van der Waals surface area contributed by atoms with Gasteiger partial charge in [-0.25, -0.2) is 0 Å². The average molecular weight is 324 g/mol. The van der Waals surface area contributed by atoms with Gasteiger partial charge in [0.15, 0.2) is 11.5 Å². The Morgan fingerprint density at radius 1 is 0.875 bits per heavy atom. The molecular formula is C18H16N2O4. The third-order valence-corrected chi connectivity index (χ3v) is 3.95. The number of rotatable bonds is 4. The van der Waals surface area contributed by atoms with Gasteiger partial charge in [0.05, 0.1) is 0 Å². The topological polar surface area (TPSA) is 76.7 Å². The molecule has 2 N–H and O–H groups in total. The molecule has 6 nitrogen and oxygen atoms in total. The van der Waals surface area contributed by atoms with Crippen molar-refractivity contribution in [3.63, 3.8) is 0 Å². The lowest BCUT2D eigenvalue weighted by Crippen LogP contribution is -2.25. The number of benzene rings is 2. The molecule has 0 saturated heterocycles. The minimum atomic E-state index is -0.247. The van der Waals surface area contributed by atoms with Gasteiger partial charge in [-0.15, -0.1) is 0 Å². The van der Waals surface area contributed by atoms with Crippen molar-refractivity contribution < 1.29 is 19.1 Å². The normalized spacial score (nSPS) is 15.0. The summed E-state index contributed by atoms with van der Waals surface area (Å²) in [6.07, 6.45) is 2.09. The third kappa shape index (κ3) is 3.03. The molecule has 1 aliphatic carbocycles. The maximum absolute atomic E-state index is 12.3. The molecule has 1 saturated carbocycles. The van der Waals surface area contributed by atoms with E-state index in [-0.39, 0.29) is 18.6 Å². The van der Waals surface area contributed by atoms with Gasteiger partial charge in [-0.2, -0.15) is 0 Å². The lowest BCUT2D eigenvalue weighted by Gasteiger charge is -2.07. The molecule has 0 atom stereocenters. The van der Waals surface area contributed by atoms with Gasteiger partial charge in [0, 0.05) is 28.9 Å². The predicted octanol–water partition coefficient (Wildman–Crippen LogP) is 2.56. The van der Waals surface area contributed by atoms with Crippen molar-refractivity contribution >= 4 is 17.5 Å². The quantitative estimate of drug-likeness (QED) is 0.906. The second kappa shape index (κ2) is 5.88. The van der Waals surface area contributed by atoms with Crippen LogP contribution in [0.3, 0.4) is 0 Å². The summed E-state index contributed by atoms with van der Waals surface area (Å²) in [4.78, 5) is 24.2. The van der Waals surface area contributed by atoms with E-state index in [0.717, 1.165) is 12.8 Å². The Morgan fingerprint density at radius 2 is 1.54 bits per heavy atom. The number of nitrogens with one attached hydrogen (secondary N) is 2. The zero-order chi connectivity index (χ0) is 16.5. The second-order valence-corrected chi connectivity index (χ2v) is 5.85. The van der Waals surface area contributed by atoms with E-state index in [4.69, 9.17) is 9.47 Å². The van der Waals surface area contributed by atoms with E-state index in [0.29, 0.717) is 34.4 Å². The highest BCUT2D eigenvalue weighted by molar-refractivity contribution is 6.05. The molecule has 122 valence electrons. The molecule has 1 heterocycles. The van der Waals surface area contributed by atoms with E-state index in [1.54, 1.807) is 42.5 Å². The van der Waals surface area contributed by atoms with E-state index in [1.807, 2.05) is 0 Å². The Labute approximate surface area is 138 Å². The number of hydrogen-bond donors (Lipinski definition) is 2. The summed E-state index contributed by atoms with van der Waals surface area (Å²) < 4.78 is 10.5. The highest BCUT2D eigenvalue weighted by atomic mass is 16.7. The largest absolute Gasteiger partial charge is 0.454 e. The Hall–Kier alpha value is -3.02. The Morgan fingerprint density at radius 3 is 2.25 bits per heavy atom. The van der Waals surface area contributed by atoms with Crippen molar-refractivity contribution in [3.8, 4) is 11.5 Å². The molecule has 2 amide bonds. The standard InChI is InChI=1S/C18H16N2O4/c21-17(19-13-5-6-13)11-1-3-12(4-2-11)18(22)20-14-7-8-15-16(9-14)24-10-23-15/h1-4,7-9,13H,5-6,10H2,(H,19,21)(H,20,22). The first-order chi connectivity index (χ1) is 11.7. The highest BCUT2D eigenvalue weighted by Gasteiger charge is 2.23. The van der Waals surface area contributed by atoms with Crippen LogP contribution in [0.2, 0.25) is 0 Å². The maximum atomic E-state index is 12.3. The molecule has 0 unspecified atom stereocenters. The molecule has 2 aromatic carbocycles. The molecule has 0 radical (unpaired) electrons. The fourth-order valence-corrected chi connectivity index (χ4v) is 2.45. The van der Waals surface area contributed by atoms with Gasteiger partial charge < -0.3 is 20.1 Å². The van der Waals surface area contributed by atoms with Gasteiger partial charge in [0.1, 0.15) is 0 Å². The van der Waals surface area contributed by atoms with Gasteiger partial charge in [-0.1, -0.05) is 0 Å². The fourth-order valence-electron chi connectivity index (χ4n) is 2.45. The Kier molecular flexibility index (Phi) is 3.57. The first-order valence-electron chi connectivity index (χ1n) is 7.81. The van der Waals surface area contributed by atoms with E-state index in [1.165, 1.54) is 0 Å². The number of hydrogen-bond acceptors (Lipinski definition) is 4. The molecule has 1 fully saturated rings. The van der Waals surface area contributed by atoms with Gasteiger partial charge in [-0.3, -0.25) is 9.59 Å². The van der Waals surface area contributed by atoms with Crippen LogP contribution in [0.4, 0.5) is 5.69 Å². The molecule has 0 aromatic heterocycles. The number of anilines is 1. The summed E-state index contributed by atoms with van der Waals surface area (Å²) >= 11 is 0. The number of fused-ring (bicyclic) bond motifs is 1. The smallest absolute Gasteiger partial charge is 0.255 e. The summed E-state index contributed by atoms with van der Waals surface area (Å²) in [5.74, 6) is 0.933. The molecule has 0 bridgehead atoms. The molecule has 24 heavy (non-hydrogen) atoms. The van der Waals surface area contributed by atoms with Crippen LogP contribution in [-0.2, 0) is 0 Å². The van der Waals surface area contributed by atoms with Crippen LogP contribution in [0.1, 0.15) is 33.6 Å². The molecular weight excluding hydrogens is 308 g/mol. The van der Waals surface area contributed by atoms with Crippen LogP contribution < -0.4 is 20.1 Å². The zero-order valence-electron chi connectivity index (χ0n) is 12.9. The zero-order valence-corrected chi connectivity index (χ0v) is 12.9. The second-order valence-electron chi connectivity index (χ2n) is 5.85. The monoisotopic (exact) mass is 324 g/mol. The van der Waals surface area contributed by atoms with E-state index >= 15 is 0 Å². The van der Waals surface area contributed by atoms with Crippen molar-refractivity contribution in [2.75, 3.05) is 12.1 Å². The summed E-state index contributed by atoms with van der Waals surface area (Å²) in [7, 11) is 0. The van der Waals surface area contributed by atoms with E-state index in [9.17, 15) is 9.59 Å². The van der Waals surface area contributed by atoms with Gasteiger partial charge >= 0.3 is 0 Å². The number of amides is 2. The molecule has 2 aromatic rings. The van der Waals surface area contributed by atoms with Crippen molar-refractivity contribution in [3.05, 3.63) is 53.6 Å². The average Bonchev–Trinajstić information content (AvgIpc) is 3.29. The van der Waals surface area contributed by atoms with Gasteiger partial charge in [-0.05, 0) is 49.2 Å². The van der Waals surface area contributed by atoms with Gasteiger partial charge in [0.2, 0.25) is 6.79 Å². The first kappa shape index (κ1) is 14.6. The van der Waals surface area contributed by atoms with Crippen LogP contribution in [0.15, 0.2) is 42.5 Å². The fraction of sp³-hybridized carbons (Fsp3) is 0.222. The lowest BCUT2D eigenvalue weighted by molar-refractivity contribution is 0.0949. The summed E-state index contributed by atoms with van der Waals surface area (Å²) in [6, 6.07) is 12.1. The highest BCUT2D eigenvalue weighted by Crippen LogP contribution is 2.34. The predicted molar refractivity (Wildman–Crippen MR) is 87.4 cm³/mol. The van der Waals surface area contributed by atoms with Crippen LogP contribution in [0.5, 0.6) is 11.5 Å². The van der Waals surface area contributed by atoms with Crippen LogP contribution in [-0.4, -0.2) is 24.6 Å². The number of ether oxygens (including phenoxy) is 2. The van der Waals surface area contributed by atoms with Crippen LogP contribution >= 0.6 is 0 Å². The lowest BCUT2D eigenvalue weighted by atomic mass is 10.1. The number of carbonyl (C=O) groups is 2.